The van der Waals surface area contributed by atoms with Crippen molar-refractivity contribution in [3.63, 3.8) is 0 Å². The van der Waals surface area contributed by atoms with Gasteiger partial charge in [0.1, 0.15) is 0 Å². The van der Waals surface area contributed by atoms with Crippen molar-refractivity contribution in [2.24, 2.45) is 4.40 Å². The van der Waals surface area contributed by atoms with E-state index in [0.717, 1.165) is 0 Å². The standard InChI is InChI=1S/C8H10N2O3S2/c1-6-7(9-14-2)4-3-5-8(6)15(12,13)10-11/h3-5,10-11H,1H2,2H3. The summed E-state index contributed by atoms with van der Waals surface area (Å²) in [7, 11) is -3.90. The lowest BCUT2D eigenvalue weighted by molar-refractivity contribution is 0.244. The van der Waals surface area contributed by atoms with Gasteiger partial charge in [-0.3, -0.25) is 0 Å². The molecule has 1 aliphatic rings. The Morgan fingerprint density at radius 3 is 2.80 bits per heavy atom. The van der Waals surface area contributed by atoms with Crippen LogP contribution in [-0.4, -0.2) is 25.6 Å². The average Bonchev–Trinajstić information content (AvgIpc) is 2.21. The van der Waals surface area contributed by atoms with Gasteiger partial charge in [-0.05, 0) is 24.1 Å². The van der Waals surface area contributed by atoms with Gasteiger partial charge in [0.05, 0.1) is 10.6 Å². The minimum absolute atomic E-state index is 0.0831. The molecule has 0 amide bonds. The lowest BCUT2D eigenvalue weighted by atomic mass is 10.1. The van der Waals surface area contributed by atoms with Gasteiger partial charge in [0.2, 0.25) is 0 Å². The van der Waals surface area contributed by atoms with E-state index >= 15 is 0 Å². The Morgan fingerprint density at radius 2 is 2.27 bits per heavy atom. The highest BCUT2D eigenvalue weighted by molar-refractivity contribution is 7.97. The van der Waals surface area contributed by atoms with Gasteiger partial charge in [-0.15, -0.1) is 0 Å². The normalized spacial score (nSPS) is 19.5. The zero-order valence-corrected chi connectivity index (χ0v) is 9.60. The number of nitrogens with one attached hydrogen (secondary N) is 1. The first-order valence-corrected chi connectivity index (χ1v) is 6.54. The van der Waals surface area contributed by atoms with Crippen molar-refractivity contribution in [3.05, 3.63) is 35.3 Å². The average molecular weight is 246 g/mol. The van der Waals surface area contributed by atoms with E-state index in [1.54, 1.807) is 12.3 Å². The molecule has 0 heterocycles. The molecule has 7 heteroatoms. The number of hydrogen-bond donors (Lipinski definition) is 2. The highest BCUT2D eigenvalue weighted by Crippen LogP contribution is 2.21. The number of hydrogen-bond acceptors (Lipinski definition) is 5. The summed E-state index contributed by atoms with van der Waals surface area (Å²) < 4.78 is 26.7. The lowest BCUT2D eigenvalue weighted by Crippen LogP contribution is -2.24. The maximum absolute atomic E-state index is 11.3. The highest BCUT2D eigenvalue weighted by Gasteiger charge is 2.23. The summed E-state index contributed by atoms with van der Waals surface area (Å²) in [5, 5.41) is 8.49. The first-order valence-electron chi connectivity index (χ1n) is 3.88. The Labute approximate surface area is 92.4 Å². The van der Waals surface area contributed by atoms with E-state index in [0.29, 0.717) is 5.71 Å². The second-order valence-corrected chi connectivity index (χ2v) is 4.80. The fraction of sp³-hybridized carbons (Fsp3) is 0.125. The smallest absolute Gasteiger partial charge is 0.262 e. The van der Waals surface area contributed by atoms with Gasteiger partial charge < -0.3 is 5.21 Å². The summed E-state index contributed by atoms with van der Waals surface area (Å²) in [6.45, 7) is 3.62. The van der Waals surface area contributed by atoms with E-state index in [9.17, 15) is 8.42 Å². The highest BCUT2D eigenvalue weighted by atomic mass is 32.2. The van der Waals surface area contributed by atoms with Crippen LogP contribution >= 0.6 is 11.9 Å². The van der Waals surface area contributed by atoms with E-state index in [1.807, 2.05) is 0 Å². The fourth-order valence-corrected chi connectivity index (χ4v) is 2.19. The second kappa shape index (κ2) is 4.75. The van der Waals surface area contributed by atoms with Gasteiger partial charge in [-0.1, -0.05) is 17.5 Å². The molecular weight excluding hydrogens is 236 g/mol. The monoisotopic (exact) mass is 246 g/mol. The quantitative estimate of drug-likeness (QED) is 0.575. The molecule has 0 fully saturated rings. The van der Waals surface area contributed by atoms with E-state index in [1.165, 1.54) is 29.0 Å². The summed E-state index contributed by atoms with van der Waals surface area (Å²) in [6, 6.07) is 0. The predicted octanol–water partition coefficient (Wildman–Crippen LogP) is 1.02. The molecule has 0 saturated carbocycles. The van der Waals surface area contributed by atoms with E-state index in [-0.39, 0.29) is 10.5 Å². The van der Waals surface area contributed by atoms with Crippen molar-refractivity contribution in [2.45, 2.75) is 0 Å². The molecule has 0 unspecified atom stereocenters. The number of sulfonamides is 1. The molecule has 0 saturated heterocycles. The minimum Gasteiger partial charge on any atom is -0.302 e. The van der Waals surface area contributed by atoms with Gasteiger partial charge in [-0.25, -0.2) is 12.8 Å². The van der Waals surface area contributed by atoms with Crippen LogP contribution < -0.4 is 4.89 Å². The van der Waals surface area contributed by atoms with Crippen LogP contribution in [0.25, 0.3) is 0 Å². The Balaban J connectivity index is 3.16. The molecule has 0 atom stereocenters. The van der Waals surface area contributed by atoms with Crippen LogP contribution in [-0.2, 0) is 10.0 Å². The largest absolute Gasteiger partial charge is 0.302 e. The van der Waals surface area contributed by atoms with Gasteiger partial charge in [-0.2, -0.15) is 0 Å². The molecule has 82 valence electrons. The molecule has 0 aromatic heterocycles. The number of nitrogens with zero attached hydrogens (tertiary/aromatic N) is 1. The van der Waals surface area contributed by atoms with Crippen molar-refractivity contribution >= 4 is 27.7 Å². The van der Waals surface area contributed by atoms with E-state index < -0.39 is 10.0 Å². The number of rotatable bonds is 3. The van der Waals surface area contributed by atoms with Gasteiger partial charge in [0.25, 0.3) is 10.0 Å². The first kappa shape index (κ1) is 12.2. The van der Waals surface area contributed by atoms with Crippen molar-refractivity contribution in [1.82, 2.24) is 4.89 Å². The zero-order valence-electron chi connectivity index (χ0n) is 7.97. The molecule has 0 aliphatic heterocycles. The molecule has 0 aromatic carbocycles. The first-order chi connectivity index (χ1) is 7.03. The topological polar surface area (TPSA) is 78.8 Å². The number of allylic oxidation sites excluding steroid dienone is 4. The maximum Gasteiger partial charge on any atom is 0.262 e. The Morgan fingerprint density at radius 1 is 1.60 bits per heavy atom. The van der Waals surface area contributed by atoms with Crippen LogP contribution in [0.15, 0.2) is 39.7 Å². The van der Waals surface area contributed by atoms with Crippen molar-refractivity contribution in [3.8, 4) is 0 Å². The van der Waals surface area contributed by atoms with Crippen LogP contribution in [0.4, 0.5) is 0 Å². The van der Waals surface area contributed by atoms with Gasteiger partial charge in [0, 0.05) is 11.8 Å². The Hall–Kier alpha value is -0.890. The molecule has 0 spiro atoms. The minimum atomic E-state index is -3.90. The Kier molecular flexibility index (Phi) is 3.86. The van der Waals surface area contributed by atoms with Crippen molar-refractivity contribution in [2.75, 3.05) is 6.26 Å². The van der Waals surface area contributed by atoms with Crippen LogP contribution in [0.1, 0.15) is 0 Å². The molecule has 1 rings (SSSR count). The van der Waals surface area contributed by atoms with Crippen LogP contribution in [0.2, 0.25) is 0 Å². The Bertz CT molecular complexity index is 460. The summed E-state index contributed by atoms with van der Waals surface area (Å²) >= 11 is 1.20. The van der Waals surface area contributed by atoms with Crippen LogP contribution in [0, 0.1) is 0 Å². The van der Waals surface area contributed by atoms with Crippen LogP contribution in [0.3, 0.4) is 0 Å². The molecule has 0 radical (unpaired) electrons. The third kappa shape index (κ3) is 2.57. The third-order valence-corrected chi connectivity index (χ3v) is 3.29. The lowest BCUT2D eigenvalue weighted by Gasteiger charge is -2.12. The molecule has 5 nitrogen and oxygen atoms in total. The van der Waals surface area contributed by atoms with Gasteiger partial charge in [0.15, 0.2) is 0 Å². The zero-order chi connectivity index (χ0) is 11.5. The molecule has 1 aliphatic carbocycles. The summed E-state index contributed by atoms with van der Waals surface area (Å²) in [5.41, 5.74) is 0.729. The molecule has 2 N–H and O–H groups in total. The van der Waals surface area contributed by atoms with E-state index in [4.69, 9.17) is 5.21 Å². The predicted molar refractivity (Wildman–Crippen MR) is 61.2 cm³/mol. The molecule has 15 heavy (non-hydrogen) atoms. The summed E-state index contributed by atoms with van der Waals surface area (Å²) in [6.07, 6.45) is 6.29. The maximum atomic E-state index is 11.3. The third-order valence-electron chi connectivity index (χ3n) is 1.71. The van der Waals surface area contributed by atoms with Crippen LogP contribution in [0.5, 0.6) is 0 Å². The summed E-state index contributed by atoms with van der Waals surface area (Å²) in [5.74, 6) is 0. The van der Waals surface area contributed by atoms with Gasteiger partial charge >= 0.3 is 0 Å². The fourth-order valence-electron chi connectivity index (χ4n) is 1.04. The molecule has 0 aromatic rings. The second-order valence-electron chi connectivity index (χ2n) is 2.62. The molecule has 0 bridgehead atoms. The van der Waals surface area contributed by atoms with Crippen molar-refractivity contribution < 1.29 is 13.6 Å². The SMILES string of the molecule is C=C1C(S(=O)(=O)NO)=CC=CC1=NSC. The van der Waals surface area contributed by atoms with E-state index in [2.05, 4.69) is 11.0 Å². The van der Waals surface area contributed by atoms with Crippen molar-refractivity contribution in [1.29, 1.82) is 0 Å². The molecular formula is C8H10N2O3S2. The summed E-state index contributed by atoms with van der Waals surface area (Å²) in [4.78, 5) is 1.17.